The molecule has 1 atom stereocenters. The van der Waals surface area contributed by atoms with Crippen LogP contribution in [0, 0.1) is 0 Å². The van der Waals surface area contributed by atoms with Crippen molar-refractivity contribution >= 4 is 23.2 Å². The molecule has 1 fully saturated rings. The minimum absolute atomic E-state index is 0.155. The lowest BCUT2D eigenvalue weighted by Gasteiger charge is -2.33. The summed E-state index contributed by atoms with van der Waals surface area (Å²) < 4.78 is 0. The normalized spacial score (nSPS) is 17.9. The number of amides is 1. The molecule has 3 rings (SSSR count). The van der Waals surface area contributed by atoms with E-state index in [4.69, 9.17) is 0 Å². The van der Waals surface area contributed by atoms with Crippen molar-refractivity contribution < 1.29 is 4.79 Å². The number of nitrogens with zero attached hydrogens (tertiary/aromatic N) is 3. The summed E-state index contributed by atoms with van der Waals surface area (Å²) >= 11 is 1.76. The van der Waals surface area contributed by atoms with E-state index in [2.05, 4.69) is 37.7 Å². The van der Waals surface area contributed by atoms with Gasteiger partial charge in [-0.15, -0.1) is 11.3 Å². The van der Waals surface area contributed by atoms with E-state index in [1.165, 1.54) is 4.88 Å². The zero-order chi connectivity index (χ0) is 15.9. The standard InChI is InChI=1S/C17H22N4OS/c22-16(8-1-6-15-7-3-12-23-15)20-14-5-2-11-21(13-14)17-18-9-4-10-19-17/h3-4,7,9-10,12,14H,1-2,5-6,8,11,13H2,(H,20,22)/t14-/m1/s1. The lowest BCUT2D eigenvalue weighted by Crippen LogP contribution is -2.48. The molecule has 1 aliphatic rings. The van der Waals surface area contributed by atoms with Crippen LogP contribution in [0.25, 0.3) is 0 Å². The number of carbonyl (C=O) groups excluding carboxylic acids is 1. The van der Waals surface area contributed by atoms with Crippen molar-refractivity contribution in [3.8, 4) is 0 Å². The molecular weight excluding hydrogens is 308 g/mol. The van der Waals surface area contributed by atoms with Crippen LogP contribution in [-0.2, 0) is 11.2 Å². The van der Waals surface area contributed by atoms with E-state index in [1.807, 2.05) is 6.07 Å². The first kappa shape index (κ1) is 15.9. The van der Waals surface area contributed by atoms with Crippen LogP contribution < -0.4 is 10.2 Å². The number of carbonyl (C=O) groups is 1. The molecule has 1 amide bonds. The maximum absolute atomic E-state index is 12.1. The van der Waals surface area contributed by atoms with Crippen molar-refractivity contribution in [2.45, 2.75) is 38.1 Å². The summed E-state index contributed by atoms with van der Waals surface area (Å²) in [5.74, 6) is 0.909. The van der Waals surface area contributed by atoms with Crippen molar-refractivity contribution in [1.29, 1.82) is 0 Å². The number of aromatic nitrogens is 2. The third-order valence-electron chi connectivity index (χ3n) is 4.03. The average Bonchev–Trinajstić information content (AvgIpc) is 3.09. The van der Waals surface area contributed by atoms with Gasteiger partial charge in [-0.1, -0.05) is 6.07 Å². The largest absolute Gasteiger partial charge is 0.352 e. The fourth-order valence-corrected chi connectivity index (χ4v) is 3.66. The van der Waals surface area contributed by atoms with Crippen molar-refractivity contribution in [1.82, 2.24) is 15.3 Å². The molecule has 6 heteroatoms. The molecule has 2 aromatic heterocycles. The van der Waals surface area contributed by atoms with E-state index >= 15 is 0 Å². The van der Waals surface area contributed by atoms with E-state index in [0.717, 1.165) is 44.7 Å². The van der Waals surface area contributed by atoms with Crippen molar-refractivity contribution in [3.05, 3.63) is 40.8 Å². The third kappa shape index (κ3) is 4.76. The summed E-state index contributed by atoms with van der Waals surface area (Å²) in [5.41, 5.74) is 0. The highest BCUT2D eigenvalue weighted by atomic mass is 32.1. The van der Waals surface area contributed by atoms with E-state index in [0.29, 0.717) is 6.42 Å². The molecule has 0 radical (unpaired) electrons. The molecule has 0 aromatic carbocycles. The van der Waals surface area contributed by atoms with E-state index in [1.54, 1.807) is 23.7 Å². The zero-order valence-corrected chi connectivity index (χ0v) is 14.0. The molecule has 1 aliphatic heterocycles. The Balaban J connectivity index is 1.43. The van der Waals surface area contributed by atoms with E-state index < -0.39 is 0 Å². The molecule has 5 nitrogen and oxygen atoms in total. The molecule has 2 aromatic rings. The molecule has 1 saturated heterocycles. The second-order valence-electron chi connectivity index (χ2n) is 5.83. The average molecular weight is 330 g/mol. The number of piperidine rings is 1. The monoisotopic (exact) mass is 330 g/mol. The molecular formula is C17H22N4OS. The first-order valence-electron chi connectivity index (χ1n) is 8.15. The van der Waals surface area contributed by atoms with Gasteiger partial charge in [0.25, 0.3) is 0 Å². The zero-order valence-electron chi connectivity index (χ0n) is 13.1. The second-order valence-corrected chi connectivity index (χ2v) is 6.87. The van der Waals surface area contributed by atoms with Crippen LogP contribution in [0.5, 0.6) is 0 Å². The van der Waals surface area contributed by atoms with E-state index in [9.17, 15) is 4.79 Å². The van der Waals surface area contributed by atoms with Crippen LogP contribution in [0.1, 0.15) is 30.6 Å². The van der Waals surface area contributed by atoms with Gasteiger partial charge < -0.3 is 10.2 Å². The minimum Gasteiger partial charge on any atom is -0.352 e. The van der Waals surface area contributed by atoms with E-state index in [-0.39, 0.29) is 11.9 Å². The van der Waals surface area contributed by atoms with Crippen LogP contribution in [0.3, 0.4) is 0 Å². The molecule has 0 spiro atoms. The highest BCUT2D eigenvalue weighted by Gasteiger charge is 2.22. The Morgan fingerprint density at radius 1 is 1.35 bits per heavy atom. The number of anilines is 1. The summed E-state index contributed by atoms with van der Waals surface area (Å²) in [4.78, 5) is 24.2. The van der Waals surface area contributed by atoms with Crippen LogP contribution in [0.4, 0.5) is 5.95 Å². The van der Waals surface area contributed by atoms with Gasteiger partial charge in [0.05, 0.1) is 0 Å². The van der Waals surface area contributed by atoms with Crippen molar-refractivity contribution in [2.24, 2.45) is 0 Å². The maximum atomic E-state index is 12.1. The van der Waals surface area contributed by atoms with Gasteiger partial charge in [0, 0.05) is 42.8 Å². The SMILES string of the molecule is O=C(CCCc1cccs1)N[C@@H]1CCCN(c2ncccn2)C1. The molecule has 0 saturated carbocycles. The van der Waals surface area contributed by atoms with Crippen LogP contribution >= 0.6 is 11.3 Å². The number of thiophene rings is 1. The Labute approximate surface area is 140 Å². The number of hydrogen-bond donors (Lipinski definition) is 1. The minimum atomic E-state index is 0.155. The van der Waals surface area contributed by atoms with Gasteiger partial charge in [-0.3, -0.25) is 4.79 Å². The molecule has 0 unspecified atom stereocenters. The number of nitrogens with one attached hydrogen (secondary N) is 1. The Hall–Kier alpha value is -1.95. The lowest BCUT2D eigenvalue weighted by atomic mass is 10.1. The van der Waals surface area contributed by atoms with Crippen LogP contribution in [0.2, 0.25) is 0 Å². The number of rotatable bonds is 6. The summed E-state index contributed by atoms with van der Waals surface area (Å²) in [7, 11) is 0. The smallest absolute Gasteiger partial charge is 0.225 e. The molecule has 23 heavy (non-hydrogen) atoms. The first-order valence-corrected chi connectivity index (χ1v) is 9.03. The fraction of sp³-hybridized carbons (Fsp3) is 0.471. The Kier molecular flexibility index (Phi) is 5.58. The summed E-state index contributed by atoms with van der Waals surface area (Å²) in [6, 6.07) is 6.20. The van der Waals surface area contributed by atoms with Gasteiger partial charge in [0.2, 0.25) is 11.9 Å². The fourth-order valence-electron chi connectivity index (χ4n) is 2.91. The van der Waals surface area contributed by atoms with Gasteiger partial charge in [-0.05, 0) is 43.2 Å². The van der Waals surface area contributed by atoms with Gasteiger partial charge >= 0.3 is 0 Å². The number of hydrogen-bond acceptors (Lipinski definition) is 5. The Morgan fingerprint density at radius 2 is 2.22 bits per heavy atom. The van der Waals surface area contributed by atoms with Gasteiger partial charge in [-0.2, -0.15) is 0 Å². The Morgan fingerprint density at radius 3 is 3.00 bits per heavy atom. The third-order valence-corrected chi connectivity index (χ3v) is 4.96. The quantitative estimate of drug-likeness (QED) is 0.884. The molecule has 3 heterocycles. The lowest BCUT2D eigenvalue weighted by molar-refractivity contribution is -0.121. The molecule has 1 N–H and O–H groups in total. The van der Waals surface area contributed by atoms with Crippen molar-refractivity contribution in [2.75, 3.05) is 18.0 Å². The summed E-state index contributed by atoms with van der Waals surface area (Å²) in [6.07, 6.45) is 8.09. The van der Waals surface area contributed by atoms with Gasteiger partial charge in [0.1, 0.15) is 0 Å². The highest BCUT2D eigenvalue weighted by Crippen LogP contribution is 2.16. The summed E-state index contributed by atoms with van der Waals surface area (Å²) in [5, 5.41) is 5.25. The predicted molar refractivity (Wildman–Crippen MR) is 92.7 cm³/mol. The van der Waals surface area contributed by atoms with Gasteiger partial charge in [-0.25, -0.2) is 9.97 Å². The van der Waals surface area contributed by atoms with Gasteiger partial charge in [0.15, 0.2) is 0 Å². The molecule has 0 bridgehead atoms. The number of aryl methyl sites for hydroxylation is 1. The van der Waals surface area contributed by atoms with Crippen LogP contribution in [0.15, 0.2) is 36.0 Å². The molecule has 0 aliphatic carbocycles. The topological polar surface area (TPSA) is 58.1 Å². The second kappa shape index (κ2) is 8.06. The molecule has 122 valence electrons. The maximum Gasteiger partial charge on any atom is 0.225 e. The summed E-state index contributed by atoms with van der Waals surface area (Å²) in [6.45, 7) is 1.75. The first-order chi connectivity index (χ1) is 11.3. The highest BCUT2D eigenvalue weighted by molar-refractivity contribution is 7.09. The Bertz CT molecular complexity index is 602. The predicted octanol–water partition coefficient (Wildman–Crippen LogP) is 2.65. The van der Waals surface area contributed by atoms with Crippen molar-refractivity contribution in [3.63, 3.8) is 0 Å². The van der Waals surface area contributed by atoms with Crippen LogP contribution in [-0.4, -0.2) is 35.0 Å².